The van der Waals surface area contributed by atoms with Crippen LogP contribution >= 0.6 is 11.8 Å². The van der Waals surface area contributed by atoms with E-state index < -0.39 is 82.3 Å². The first-order chi connectivity index (χ1) is 41.4. The molecule has 10 amide bonds. The van der Waals surface area contributed by atoms with Gasteiger partial charge in [0.15, 0.2) is 0 Å². The van der Waals surface area contributed by atoms with Crippen molar-refractivity contribution >= 4 is 70.8 Å². The van der Waals surface area contributed by atoms with Crippen LogP contribution in [-0.2, 0) is 38.4 Å². The highest BCUT2D eigenvalue weighted by molar-refractivity contribution is 7.99. The number of hydrogen-bond acceptors (Lipinski definition) is 11. The third kappa shape index (κ3) is 18.3. The number of thioether (sulfide) groups is 1. The van der Waals surface area contributed by atoms with Crippen molar-refractivity contribution in [1.82, 2.24) is 47.0 Å². The Labute approximate surface area is 536 Å². The first-order valence-corrected chi connectivity index (χ1v) is 34.8. The summed E-state index contributed by atoms with van der Waals surface area (Å²) in [6, 6.07) is -6.01. The van der Waals surface area contributed by atoms with Crippen molar-refractivity contribution in [3.8, 4) is 0 Å². The molecule has 10 atom stereocenters. The third-order valence-corrected chi connectivity index (χ3v) is 22.0. The number of primary amides is 1. The molecule has 0 bridgehead atoms. The van der Waals surface area contributed by atoms with Gasteiger partial charge in [-0.1, -0.05) is 174 Å². The minimum atomic E-state index is -1.07. The molecule has 502 valence electrons. The average molecular weight is 1260 g/mol. The van der Waals surface area contributed by atoms with Gasteiger partial charge >= 0.3 is 12.1 Å². The van der Waals surface area contributed by atoms with E-state index >= 15 is 0 Å². The molecule has 20 nitrogen and oxygen atoms in total. The average Bonchev–Trinajstić information content (AvgIpc) is 1.54. The zero-order chi connectivity index (χ0) is 66.4. The van der Waals surface area contributed by atoms with E-state index in [1.165, 1.54) is 6.08 Å². The molecule has 7 aliphatic rings. The van der Waals surface area contributed by atoms with E-state index in [0.717, 1.165) is 108 Å². The van der Waals surface area contributed by atoms with Crippen molar-refractivity contribution in [2.45, 2.75) is 267 Å². The number of urea groups is 2. The largest absolute Gasteiger partial charge is 0.363 e. The summed E-state index contributed by atoms with van der Waals surface area (Å²) in [6.07, 6.45) is 17.9. The maximum atomic E-state index is 14.4. The maximum Gasteiger partial charge on any atom is 0.315 e. The number of likely N-dealkylation sites (tertiary alicyclic amines) is 2. The van der Waals surface area contributed by atoms with Crippen LogP contribution in [0.4, 0.5) is 9.59 Å². The fraction of sp³-hybridized carbons (Fsp3) is 0.824. The number of nitrogens with zero attached hydrogens (tertiary/aromatic N) is 2. The standard InChI is InChI=1S/C37H63N5O5.C31H51N5O5S/c1-11-17-25(28(43)31(45)38-22-12-2)39-30(44)27-26-24(36(26,9)10)23-42(27)32(46)29(35(6,7)8)40-33(47)41-37(19-14-13-15-20-37)21-16-18-34(3,4)5;1-7-42-17-31(13-9-8-10-14-31)35-28(41)34-24(29(2,3)4)27(40)36-16-19-21(30(19,5)6)22(36)26(39)33-20(15-18-11-12-18)23(37)25(32)38/h12,24-27,29H,2,11,13-23H2,1,3-10H3,(H,38,45)(H,39,44)(H2,40,41,47);18-22,24H,7-17H2,1-6H3,(H2,32,38)(H,33,39)(H2,34,35,41)/t24?,25?,26-,27-,29+;19?,20?,21-,22-,24+/m00/s1. The smallest absolute Gasteiger partial charge is 0.315 e. The van der Waals surface area contributed by atoms with Gasteiger partial charge in [-0.2, -0.15) is 11.8 Å². The van der Waals surface area contributed by atoms with Crippen LogP contribution in [0, 0.1) is 56.7 Å². The number of ketones is 2. The van der Waals surface area contributed by atoms with E-state index in [1.54, 1.807) is 9.80 Å². The van der Waals surface area contributed by atoms with Gasteiger partial charge in [0.25, 0.3) is 11.8 Å². The summed E-state index contributed by atoms with van der Waals surface area (Å²) in [5, 5.41) is 20.8. The predicted octanol–water partition coefficient (Wildman–Crippen LogP) is 8.24. The van der Waals surface area contributed by atoms with E-state index in [9.17, 15) is 47.9 Å². The Morgan fingerprint density at radius 3 is 1.48 bits per heavy atom. The van der Waals surface area contributed by atoms with Crippen molar-refractivity contribution < 1.29 is 47.9 Å². The molecule has 0 aromatic heterocycles. The van der Waals surface area contributed by atoms with Crippen LogP contribution in [0.25, 0.3) is 0 Å². The lowest BCUT2D eigenvalue weighted by Crippen LogP contribution is -2.63. The van der Waals surface area contributed by atoms with Crippen molar-refractivity contribution in [3.63, 3.8) is 0 Å². The molecule has 0 radical (unpaired) electrons. The Bertz CT molecular complexity index is 2610. The molecule has 2 heterocycles. The fourth-order valence-electron chi connectivity index (χ4n) is 15.1. The Morgan fingerprint density at radius 2 is 1.08 bits per heavy atom. The topological polar surface area (TPSA) is 287 Å². The lowest BCUT2D eigenvalue weighted by atomic mass is 9.76. The molecular formula is C68H114N10O10S. The molecule has 89 heavy (non-hydrogen) atoms. The number of carbonyl (C=O) groups excluding carboxylic acids is 10. The molecular weight excluding hydrogens is 1150 g/mol. The minimum absolute atomic E-state index is 0.0715. The van der Waals surface area contributed by atoms with Crippen molar-refractivity contribution in [2.75, 3.05) is 31.1 Å². The molecule has 21 heteroatoms. The van der Waals surface area contributed by atoms with Crippen molar-refractivity contribution in [1.29, 1.82) is 0 Å². The van der Waals surface area contributed by atoms with Crippen molar-refractivity contribution in [2.24, 2.45) is 62.4 Å². The third-order valence-electron chi connectivity index (χ3n) is 20.8. The number of hydrogen-bond donors (Lipinski definition) is 8. The van der Waals surface area contributed by atoms with Crippen LogP contribution in [0.5, 0.6) is 0 Å². The summed E-state index contributed by atoms with van der Waals surface area (Å²) < 4.78 is 0. The number of amides is 10. The van der Waals surface area contributed by atoms with Crippen LogP contribution < -0.4 is 43.0 Å². The summed E-state index contributed by atoms with van der Waals surface area (Å²) in [4.78, 5) is 137. The maximum absolute atomic E-state index is 14.4. The second-order valence-corrected chi connectivity index (χ2v) is 33.3. The monoisotopic (exact) mass is 1260 g/mol. The first kappa shape index (κ1) is 72.8. The van der Waals surface area contributed by atoms with E-state index in [4.69, 9.17) is 5.73 Å². The van der Waals surface area contributed by atoms with Crippen LogP contribution in [0.15, 0.2) is 12.7 Å². The van der Waals surface area contributed by atoms with Gasteiger partial charge in [0, 0.05) is 30.9 Å². The molecule has 4 unspecified atom stereocenters. The molecule has 7 rings (SSSR count). The summed E-state index contributed by atoms with van der Waals surface area (Å²) in [7, 11) is 0. The Kier molecular flexibility index (Phi) is 23.9. The molecule has 9 N–H and O–H groups in total. The molecule has 5 aliphatic carbocycles. The van der Waals surface area contributed by atoms with E-state index in [-0.39, 0.29) is 87.3 Å². The van der Waals surface area contributed by atoms with Gasteiger partial charge in [-0.15, -0.1) is 6.58 Å². The lowest BCUT2D eigenvalue weighted by molar-refractivity contribution is -0.145. The fourth-order valence-corrected chi connectivity index (χ4v) is 16.1. The van der Waals surface area contributed by atoms with Crippen LogP contribution in [-0.4, -0.2) is 147 Å². The molecule has 0 spiro atoms. The van der Waals surface area contributed by atoms with E-state index in [0.29, 0.717) is 32.4 Å². The molecule has 2 saturated heterocycles. The van der Waals surface area contributed by atoms with Crippen LogP contribution in [0.1, 0.15) is 219 Å². The quantitative estimate of drug-likeness (QED) is 0.0301. The molecule has 7 fully saturated rings. The van der Waals surface area contributed by atoms with E-state index in [2.05, 4.69) is 99.2 Å². The van der Waals surface area contributed by atoms with Gasteiger partial charge in [0.2, 0.25) is 35.2 Å². The number of nitrogens with one attached hydrogen (secondary N) is 7. The number of carbonyl (C=O) groups is 10. The van der Waals surface area contributed by atoms with Crippen molar-refractivity contribution in [3.05, 3.63) is 12.7 Å². The Hall–Kier alpha value is -5.21. The van der Waals surface area contributed by atoms with Crippen LogP contribution in [0.3, 0.4) is 0 Å². The number of nitrogens with two attached hydrogens (primary N) is 1. The molecule has 5 saturated carbocycles. The number of rotatable bonds is 26. The van der Waals surface area contributed by atoms with Gasteiger partial charge in [0.1, 0.15) is 24.2 Å². The van der Waals surface area contributed by atoms with Gasteiger partial charge < -0.3 is 52.8 Å². The number of fused-ring (bicyclic) bond motifs is 2. The van der Waals surface area contributed by atoms with Crippen LogP contribution in [0.2, 0.25) is 0 Å². The van der Waals surface area contributed by atoms with Gasteiger partial charge in [-0.25, -0.2) is 9.59 Å². The zero-order valence-corrected chi connectivity index (χ0v) is 57.7. The van der Waals surface area contributed by atoms with Gasteiger partial charge in [-0.05, 0) is 114 Å². The normalized spacial score (nSPS) is 25.7. The first-order valence-electron chi connectivity index (χ1n) is 33.6. The summed E-state index contributed by atoms with van der Waals surface area (Å²) in [5.74, 6) is -2.64. The lowest BCUT2D eigenvalue weighted by Gasteiger charge is -2.41. The second kappa shape index (κ2) is 29.2. The molecule has 2 aliphatic heterocycles. The Morgan fingerprint density at radius 1 is 0.629 bits per heavy atom. The van der Waals surface area contributed by atoms with Gasteiger partial charge in [-0.3, -0.25) is 38.4 Å². The van der Waals surface area contributed by atoms with E-state index in [1.807, 2.05) is 60.2 Å². The Balaban J connectivity index is 0.000000285. The second-order valence-electron chi connectivity index (χ2n) is 32.0. The highest BCUT2D eigenvalue weighted by Gasteiger charge is 2.71. The summed E-state index contributed by atoms with van der Waals surface area (Å²) in [5.41, 5.74) is 3.41. The zero-order valence-electron chi connectivity index (χ0n) is 56.9. The number of piperidine rings is 2. The highest BCUT2D eigenvalue weighted by atomic mass is 32.2. The van der Waals surface area contributed by atoms with Gasteiger partial charge in [0.05, 0.1) is 17.6 Å². The summed E-state index contributed by atoms with van der Waals surface area (Å²) in [6.45, 7) is 35.1. The molecule has 0 aromatic rings. The molecule has 0 aromatic carbocycles. The highest BCUT2D eigenvalue weighted by Crippen LogP contribution is 2.66. The predicted molar refractivity (Wildman–Crippen MR) is 349 cm³/mol. The SMILES string of the molecule is C=CCNC(=O)C(=O)C(CCC)NC(=O)[C@@H]1[C@@H]2C(CN1C(=O)[C@@H](NC(=O)NC1(CCCC(C)(C)C)CCCCC1)C(C)(C)C)C2(C)C.CCSCC1(NC(=O)N[C@H](C(=O)N2CC3[C@@H]([C@H]2C(=O)NC(CC2CC2)C(=O)C(N)=O)C3(C)C)C(C)(C)C)CCCCC1. The minimum Gasteiger partial charge on any atom is -0.363 e. The number of Topliss-reactive ketones (excluding diaryl/α,β-unsaturated/α-hetero) is 2. The summed E-state index contributed by atoms with van der Waals surface area (Å²) >= 11 is 1.82.